The zero-order valence-electron chi connectivity index (χ0n) is 21.8. The van der Waals surface area contributed by atoms with E-state index in [-0.39, 0.29) is 0 Å². The van der Waals surface area contributed by atoms with E-state index in [0.717, 1.165) is 37.7 Å². The van der Waals surface area contributed by atoms with Gasteiger partial charge in [-0.3, -0.25) is 0 Å². The second kappa shape index (κ2) is 12.9. The number of aryl methyl sites for hydroxylation is 2. The molecule has 0 saturated carbocycles. The zero-order chi connectivity index (χ0) is 23.9. The van der Waals surface area contributed by atoms with Crippen molar-refractivity contribution < 1.29 is 22.8 Å². The topological polar surface area (TPSA) is 46.2 Å². The van der Waals surface area contributed by atoms with Crippen LogP contribution in [0.1, 0.15) is 31.9 Å². The predicted octanol–water partition coefficient (Wildman–Crippen LogP) is -3.73. The van der Waals surface area contributed by atoms with Gasteiger partial charge in [0.1, 0.15) is 13.5 Å². The van der Waals surface area contributed by atoms with Gasteiger partial charge in [-0.05, 0) is 86.7 Å². The molecule has 0 spiro atoms. The van der Waals surface area contributed by atoms with E-state index >= 15 is 0 Å². The van der Waals surface area contributed by atoms with Gasteiger partial charge in [0.25, 0.3) is 8.80 Å². The lowest BCUT2D eigenvalue weighted by Crippen LogP contribution is -2.89. The monoisotopic (exact) mass is 582 g/mol. The minimum Gasteiger partial charge on any atom is -0.493 e. The Kier molecular flexibility index (Phi) is 12.4. The van der Waals surface area contributed by atoms with E-state index in [1.54, 1.807) is 14.2 Å². The van der Waals surface area contributed by atoms with Crippen molar-refractivity contribution in [2.75, 3.05) is 34.0 Å². The number of rotatable bonds is 14. The van der Waals surface area contributed by atoms with Crippen molar-refractivity contribution in [3.8, 4) is 11.5 Å². The number of methoxy groups -OCH3 is 2. The van der Waals surface area contributed by atoms with Gasteiger partial charge in [-0.1, -0.05) is 6.04 Å². The van der Waals surface area contributed by atoms with Crippen LogP contribution in [0.3, 0.4) is 0 Å². The Balaban J connectivity index is 3.57. The average Bonchev–Trinajstić information content (AvgIpc) is 2.68. The third-order valence-electron chi connectivity index (χ3n) is 6.59. The zero-order valence-corrected chi connectivity index (χ0v) is 36.0. The van der Waals surface area contributed by atoms with Crippen molar-refractivity contribution in [3.05, 3.63) is 23.3 Å². The van der Waals surface area contributed by atoms with Gasteiger partial charge in [0, 0.05) is 45.5 Å². The summed E-state index contributed by atoms with van der Waals surface area (Å²) in [7, 11) is 8.48. The maximum atomic E-state index is 6.85. The lowest BCUT2D eigenvalue weighted by Gasteiger charge is -2.53. The number of hydrogen-bond donors (Lipinski definition) is 0. The third kappa shape index (κ3) is 6.84. The summed E-state index contributed by atoms with van der Waals surface area (Å²) in [5.41, 5.74) is 2.71. The highest BCUT2D eigenvalue weighted by Crippen LogP contribution is 2.34. The summed E-state index contributed by atoms with van der Waals surface area (Å²) in [5, 5.41) is 0. The summed E-state index contributed by atoms with van der Waals surface area (Å²) in [6.07, 6.45) is -0.0197. The van der Waals surface area contributed by atoms with Gasteiger partial charge in [-0.2, -0.15) is 0 Å². The molecule has 0 N–H and O–H groups in total. The van der Waals surface area contributed by atoms with Crippen LogP contribution in [0.25, 0.3) is 0 Å². The summed E-state index contributed by atoms with van der Waals surface area (Å²) in [6, 6.07) is 5.69. The number of hydrogen-bond acceptors (Lipinski definition) is 5. The molecule has 5 nitrogen and oxygen atoms in total. The van der Waals surface area contributed by atoms with Crippen molar-refractivity contribution in [1.29, 1.82) is 0 Å². The third-order valence-corrected chi connectivity index (χ3v) is 157. The van der Waals surface area contributed by atoms with Crippen LogP contribution in [0, 0.1) is 6.92 Å². The van der Waals surface area contributed by atoms with Gasteiger partial charge in [-0.15, -0.1) is 0 Å². The molecule has 1 atom stereocenters. The van der Waals surface area contributed by atoms with Gasteiger partial charge < -0.3 is 22.8 Å². The standard InChI is InChI=1S/C17H46O5Si9/c1-7-20-28(21-8-2)29(31(25,26)27,30(23,24)22-9-3)11-10-15-13-17(19-6)16(18-5)12-14(15)4/h12-13,28H,7-11H2,1-6,23-27H3. The largest absolute Gasteiger partial charge is 0.493 e. The predicted molar refractivity (Wildman–Crippen MR) is 162 cm³/mol. The highest BCUT2D eigenvalue weighted by Gasteiger charge is 2.64. The maximum absolute atomic E-state index is 6.85. The fourth-order valence-corrected chi connectivity index (χ4v) is 279. The Bertz CT molecular complexity index is 695. The summed E-state index contributed by atoms with van der Waals surface area (Å²) in [6.45, 7) is 7.93. The van der Waals surface area contributed by atoms with Crippen molar-refractivity contribution in [2.45, 2.75) is 40.2 Å². The summed E-state index contributed by atoms with van der Waals surface area (Å²) in [5.74, 6) is 1.67. The van der Waals surface area contributed by atoms with Crippen LogP contribution >= 0.6 is 0 Å². The molecule has 0 heterocycles. The molecule has 0 bridgehead atoms. The molecule has 1 rings (SSSR count). The first-order valence-corrected chi connectivity index (χ1v) is 39.9. The second-order valence-corrected chi connectivity index (χ2v) is 117. The minimum absolute atomic E-state index is 0.801. The van der Waals surface area contributed by atoms with Gasteiger partial charge in [-0.25, -0.2) is 0 Å². The quantitative estimate of drug-likeness (QED) is 0.211. The van der Waals surface area contributed by atoms with Crippen molar-refractivity contribution >= 4 is 77.2 Å². The smallest absolute Gasteiger partial charge is 0.296 e. The molecular formula is C17H46O5Si9. The van der Waals surface area contributed by atoms with E-state index in [2.05, 4.69) is 39.8 Å². The van der Waals surface area contributed by atoms with Crippen LogP contribution in [-0.4, -0.2) is 111 Å². The Labute approximate surface area is 208 Å². The molecule has 180 valence electrons. The highest BCUT2D eigenvalue weighted by molar-refractivity contribution is 8.11. The molecule has 0 aliphatic heterocycles. The average molecular weight is 583 g/mol. The van der Waals surface area contributed by atoms with Crippen LogP contribution in [0.4, 0.5) is 0 Å². The number of ether oxygens (including phenoxy) is 2. The Morgan fingerprint density at radius 3 is 1.77 bits per heavy atom. The SMILES string of the molecule is CCO[SiH](OCC)[Si](CCc1cc(OC)c(OC)cc1C)([Si]([SiH3])([SiH3])[SiH3])[Si]([SiH3])([SiH3])OCC. The van der Waals surface area contributed by atoms with Crippen molar-refractivity contribution in [1.82, 2.24) is 0 Å². The Morgan fingerprint density at radius 2 is 1.35 bits per heavy atom. The van der Waals surface area contributed by atoms with Crippen molar-refractivity contribution in [3.63, 3.8) is 0 Å². The maximum Gasteiger partial charge on any atom is 0.296 e. The fourth-order valence-electron chi connectivity index (χ4n) is 5.08. The van der Waals surface area contributed by atoms with E-state index in [9.17, 15) is 0 Å². The molecular weight excluding hydrogens is 537 g/mol. The number of benzene rings is 1. The van der Waals surface area contributed by atoms with Gasteiger partial charge in [0.15, 0.2) is 11.5 Å². The van der Waals surface area contributed by atoms with E-state index in [4.69, 9.17) is 22.8 Å². The lowest BCUT2D eigenvalue weighted by atomic mass is 10.1. The molecule has 0 aliphatic rings. The molecule has 14 heteroatoms. The van der Waals surface area contributed by atoms with E-state index in [0.29, 0.717) is 0 Å². The van der Waals surface area contributed by atoms with Crippen LogP contribution < -0.4 is 9.47 Å². The molecule has 1 aromatic carbocycles. The highest BCUT2D eigenvalue weighted by atomic mass is 30.4. The second-order valence-electron chi connectivity index (χ2n) is 9.54. The van der Waals surface area contributed by atoms with Crippen molar-refractivity contribution in [2.24, 2.45) is 0 Å². The summed E-state index contributed by atoms with van der Waals surface area (Å²) < 4.78 is 31.3. The molecule has 0 fully saturated rings. The molecule has 0 aliphatic carbocycles. The van der Waals surface area contributed by atoms with E-state index in [1.807, 2.05) is 0 Å². The Hall–Kier alpha value is 0.652. The summed E-state index contributed by atoms with van der Waals surface area (Å²) in [4.78, 5) is 0. The van der Waals surface area contributed by atoms with Crippen LogP contribution in [-0.2, 0) is 19.7 Å². The molecule has 0 amide bonds. The van der Waals surface area contributed by atoms with Crippen LogP contribution in [0.5, 0.6) is 11.5 Å². The van der Waals surface area contributed by atoms with Gasteiger partial charge >= 0.3 is 0 Å². The lowest BCUT2D eigenvalue weighted by molar-refractivity contribution is 0.229. The fraction of sp³-hybridized carbons (Fsp3) is 0.647. The van der Waals surface area contributed by atoms with E-state index in [1.165, 1.54) is 66.0 Å². The first-order valence-electron chi connectivity index (χ1n) is 11.5. The molecule has 31 heavy (non-hydrogen) atoms. The molecule has 0 aromatic heterocycles. The molecule has 1 aromatic rings. The molecule has 1 unspecified atom stereocenters. The minimum atomic E-state index is -1.70. The Morgan fingerprint density at radius 1 is 0.839 bits per heavy atom. The molecule has 0 radical (unpaired) electrons. The summed E-state index contributed by atoms with van der Waals surface area (Å²) >= 11 is 0. The van der Waals surface area contributed by atoms with E-state index < -0.39 is 28.4 Å². The first-order chi connectivity index (χ1) is 14.4. The molecule has 0 saturated heterocycles. The van der Waals surface area contributed by atoms with Crippen LogP contribution in [0.2, 0.25) is 6.04 Å². The first kappa shape index (κ1) is 29.7. The normalized spacial score (nSPS) is 18.2. The van der Waals surface area contributed by atoms with Gasteiger partial charge in [0.2, 0.25) is 0 Å². The van der Waals surface area contributed by atoms with Gasteiger partial charge in [0.05, 0.1) is 14.2 Å². The van der Waals surface area contributed by atoms with Crippen LogP contribution in [0.15, 0.2) is 12.1 Å².